The van der Waals surface area contributed by atoms with Gasteiger partial charge in [-0.2, -0.15) is 4.98 Å². The summed E-state index contributed by atoms with van der Waals surface area (Å²) in [6.45, 7) is 2.32. The minimum absolute atomic E-state index is 0.127. The Bertz CT molecular complexity index is 410. The molecule has 0 bridgehead atoms. The van der Waals surface area contributed by atoms with Gasteiger partial charge in [-0.1, -0.05) is 24.9 Å². The van der Waals surface area contributed by atoms with Crippen molar-refractivity contribution in [2.45, 2.75) is 76.2 Å². The maximum atomic E-state index is 9.55. The molecule has 0 amide bonds. The number of aromatic nitrogens is 2. The van der Waals surface area contributed by atoms with Crippen molar-refractivity contribution in [1.29, 1.82) is 0 Å². The highest BCUT2D eigenvalue weighted by Crippen LogP contribution is 2.36. The molecule has 2 unspecified atom stereocenters. The Kier molecular flexibility index (Phi) is 3.87. The van der Waals surface area contributed by atoms with Gasteiger partial charge in [0.05, 0.1) is 6.10 Å². The lowest BCUT2D eigenvalue weighted by molar-refractivity contribution is 0.116. The quantitative estimate of drug-likeness (QED) is 0.889. The van der Waals surface area contributed by atoms with Gasteiger partial charge < -0.3 is 9.63 Å². The van der Waals surface area contributed by atoms with Crippen molar-refractivity contribution in [2.24, 2.45) is 5.92 Å². The van der Waals surface area contributed by atoms with Crippen molar-refractivity contribution in [3.05, 3.63) is 11.7 Å². The van der Waals surface area contributed by atoms with Crippen molar-refractivity contribution in [3.63, 3.8) is 0 Å². The number of hydrogen-bond donors (Lipinski definition) is 1. The molecule has 2 fully saturated rings. The van der Waals surface area contributed by atoms with Crippen LogP contribution in [0.25, 0.3) is 0 Å². The van der Waals surface area contributed by atoms with Crippen LogP contribution in [0.15, 0.2) is 4.52 Å². The first-order valence-electron chi connectivity index (χ1n) is 7.74. The van der Waals surface area contributed by atoms with Crippen LogP contribution in [0.3, 0.4) is 0 Å². The van der Waals surface area contributed by atoms with Crippen molar-refractivity contribution < 1.29 is 9.63 Å². The molecule has 1 N–H and O–H groups in total. The minimum atomic E-state index is -0.127. The van der Waals surface area contributed by atoms with Gasteiger partial charge in [0.15, 0.2) is 5.82 Å². The lowest BCUT2D eigenvalue weighted by Gasteiger charge is -2.24. The van der Waals surface area contributed by atoms with E-state index in [9.17, 15) is 5.11 Å². The van der Waals surface area contributed by atoms with Crippen LogP contribution in [0.5, 0.6) is 0 Å². The fourth-order valence-electron chi connectivity index (χ4n) is 3.57. The van der Waals surface area contributed by atoms with Gasteiger partial charge in [-0.15, -0.1) is 0 Å². The second kappa shape index (κ2) is 5.61. The van der Waals surface area contributed by atoms with E-state index in [1.54, 1.807) is 0 Å². The van der Waals surface area contributed by atoms with E-state index in [-0.39, 0.29) is 6.10 Å². The molecule has 0 radical (unpaired) electrons. The first kappa shape index (κ1) is 13.1. The first-order valence-corrected chi connectivity index (χ1v) is 7.74. The second-order valence-electron chi connectivity index (χ2n) is 6.46. The van der Waals surface area contributed by atoms with Crippen molar-refractivity contribution in [1.82, 2.24) is 10.1 Å². The van der Waals surface area contributed by atoms with E-state index < -0.39 is 0 Å². The Hall–Kier alpha value is -0.900. The van der Waals surface area contributed by atoms with E-state index in [4.69, 9.17) is 4.52 Å². The van der Waals surface area contributed by atoms with Crippen LogP contribution in [0, 0.1) is 5.92 Å². The topological polar surface area (TPSA) is 59.2 Å². The largest absolute Gasteiger partial charge is 0.393 e. The predicted molar refractivity (Wildman–Crippen MR) is 71.9 cm³/mol. The van der Waals surface area contributed by atoms with E-state index in [0.717, 1.165) is 43.3 Å². The first-order chi connectivity index (χ1) is 9.22. The summed E-state index contributed by atoms with van der Waals surface area (Å²) in [4.78, 5) is 4.66. The highest BCUT2D eigenvalue weighted by molar-refractivity contribution is 5.01. The SMILES string of the molecule is CC1CCCC(c2noc(C3CCC(O)CC3)n2)C1. The highest BCUT2D eigenvalue weighted by Gasteiger charge is 2.28. The van der Waals surface area contributed by atoms with Crippen molar-refractivity contribution in [3.8, 4) is 0 Å². The molecular formula is C15H24N2O2. The molecule has 2 aliphatic carbocycles. The summed E-state index contributed by atoms with van der Waals surface area (Å²) < 4.78 is 5.49. The summed E-state index contributed by atoms with van der Waals surface area (Å²) >= 11 is 0. The molecule has 2 saturated carbocycles. The molecule has 0 saturated heterocycles. The Morgan fingerprint density at radius 3 is 2.58 bits per heavy atom. The number of nitrogens with zero attached hydrogens (tertiary/aromatic N) is 2. The van der Waals surface area contributed by atoms with Crippen LogP contribution >= 0.6 is 0 Å². The van der Waals surface area contributed by atoms with Crippen LogP contribution in [-0.4, -0.2) is 21.4 Å². The number of hydrogen-bond acceptors (Lipinski definition) is 4. The molecule has 19 heavy (non-hydrogen) atoms. The summed E-state index contributed by atoms with van der Waals surface area (Å²) in [6.07, 6.45) is 8.57. The Labute approximate surface area is 114 Å². The van der Waals surface area contributed by atoms with E-state index in [0.29, 0.717) is 11.8 Å². The molecule has 1 aromatic heterocycles. The van der Waals surface area contributed by atoms with Gasteiger partial charge in [-0.3, -0.25) is 0 Å². The van der Waals surface area contributed by atoms with Gasteiger partial charge in [-0.05, 0) is 44.4 Å². The molecule has 1 heterocycles. The minimum Gasteiger partial charge on any atom is -0.393 e. The van der Waals surface area contributed by atoms with E-state index >= 15 is 0 Å². The summed E-state index contributed by atoms with van der Waals surface area (Å²) in [6, 6.07) is 0. The number of aliphatic hydroxyl groups excluding tert-OH is 1. The van der Waals surface area contributed by atoms with Gasteiger partial charge >= 0.3 is 0 Å². The van der Waals surface area contributed by atoms with Crippen LogP contribution < -0.4 is 0 Å². The van der Waals surface area contributed by atoms with Crippen LogP contribution in [0.2, 0.25) is 0 Å². The molecule has 1 aromatic rings. The summed E-state index contributed by atoms with van der Waals surface area (Å²) in [7, 11) is 0. The lowest BCUT2D eigenvalue weighted by Crippen LogP contribution is -2.17. The van der Waals surface area contributed by atoms with E-state index in [1.165, 1.54) is 25.7 Å². The third-order valence-electron chi connectivity index (χ3n) is 4.80. The zero-order chi connectivity index (χ0) is 13.2. The molecule has 4 heteroatoms. The van der Waals surface area contributed by atoms with Crippen LogP contribution in [0.1, 0.15) is 81.8 Å². The average molecular weight is 264 g/mol. The third-order valence-corrected chi connectivity index (χ3v) is 4.80. The molecule has 106 valence electrons. The maximum Gasteiger partial charge on any atom is 0.229 e. The van der Waals surface area contributed by atoms with Gasteiger partial charge in [-0.25, -0.2) is 0 Å². The summed E-state index contributed by atoms with van der Waals surface area (Å²) in [5.74, 6) is 3.37. The lowest BCUT2D eigenvalue weighted by atomic mass is 9.82. The molecule has 0 aliphatic heterocycles. The van der Waals surface area contributed by atoms with Gasteiger partial charge in [0, 0.05) is 11.8 Å². The van der Waals surface area contributed by atoms with Crippen molar-refractivity contribution >= 4 is 0 Å². The molecule has 2 atom stereocenters. The molecule has 3 rings (SSSR count). The Morgan fingerprint density at radius 1 is 1.05 bits per heavy atom. The third kappa shape index (κ3) is 2.99. The van der Waals surface area contributed by atoms with Gasteiger partial charge in [0.1, 0.15) is 0 Å². The molecule has 2 aliphatic rings. The molecular weight excluding hydrogens is 240 g/mol. The summed E-state index contributed by atoms with van der Waals surface area (Å²) in [5.41, 5.74) is 0. The van der Waals surface area contributed by atoms with Crippen molar-refractivity contribution in [2.75, 3.05) is 0 Å². The average Bonchev–Trinajstić information content (AvgIpc) is 2.89. The standard InChI is InChI=1S/C15H24N2O2/c1-10-3-2-4-12(9-10)14-16-15(19-17-14)11-5-7-13(18)8-6-11/h10-13,18H,2-9H2,1H3. The highest BCUT2D eigenvalue weighted by atomic mass is 16.5. The predicted octanol–water partition coefficient (Wildman–Crippen LogP) is 3.38. The number of rotatable bonds is 2. The monoisotopic (exact) mass is 264 g/mol. The normalized spacial score (nSPS) is 36.3. The smallest absolute Gasteiger partial charge is 0.229 e. The van der Waals surface area contributed by atoms with E-state index in [1.807, 2.05) is 0 Å². The zero-order valence-corrected chi connectivity index (χ0v) is 11.7. The zero-order valence-electron chi connectivity index (χ0n) is 11.7. The van der Waals surface area contributed by atoms with Crippen LogP contribution in [0.4, 0.5) is 0 Å². The fraction of sp³-hybridized carbons (Fsp3) is 0.867. The summed E-state index contributed by atoms with van der Waals surface area (Å²) in [5, 5.41) is 13.8. The molecule has 0 spiro atoms. The molecule has 4 nitrogen and oxygen atoms in total. The Balaban J connectivity index is 1.65. The van der Waals surface area contributed by atoms with Gasteiger partial charge in [0.25, 0.3) is 0 Å². The van der Waals surface area contributed by atoms with Crippen LogP contribution in [-0.2, 0) is 0 Å². The number of aliphatic hydroxyl groups is 1. The molecule has 0 aromatic carbocycles. The Morgan fingerprint density at radius 2 is 1.84 bits per heavy atom. The fourth-order valence-corrected chi connectivity index (χ4v) is 3.57. The second-order valence-corrected chi connectivity index (χ2v) is 6.46. The van der Waals surface area contributed by atoms with Gasteiger partial charge in [0.2, 0.25) is 5.89 Å². The van der Waals surface area contributed by atoms with E-state index in [2.05, 4.69) is 17.1 Å². The maximum absolute atomic E-state index is 9.55.